The van der Waals surface area contributed by atoms with Gasteiger partial charge in [0.25, 0.3) is 0 Å². The van der Waals surface area contributed by atoms with Crippen LogP contribution in [-0.2, 0) is 0 Å². The molecule has 0 amide bonds. The van der Waals surface area contributed by atoms with Gasteiger partial charge in [0.15, 0.2) is 0 Å². The van der Waals surface area contributed by atoms with Gasteiger partial charge in [-0.05, 0) is 121 Å². The van der Waals surface area contributed by atoms with Crippen LogP contribution in [0, 0.1) is 0 Å². The molecule has 0 fully saturated rings. The second-order valence-electron chi connectivity index (χ2n) is 13.5. The fourth-order valence-electron chi connectivity index (χ4n) is 6.92. The van der Waals surface area contributed by atoms with Crippen LogP contribution >= 0.6 is 0 Å². The number of fused-ring (bicyclic) bond motifs is 11. The highest BCUT2D eigenvalue weighted by Crippen LogP contribution is 2.33. The minimum atomic E-state index is 0.915. The maximum Gasteiger partial charge on any atom is 0.0659 e. The Morgan fingerprint density at radius 3 is 1.05 bits per heavy atom. The second kappa shape index (κ2) is 15.7. The van der Waals surface area contributed by atoms with Crippen LogP contribution in [0.4, 0.5) is 17.1 Å². The highest BCUT2D eigenvalue weighted by molar-refractivity contribution is 6.07. The van der Waals surface area contributed by atoms with Gasteiger partial charge in [-0.2, -0.15) is 0 Å². The molecule has 2 aliphatic heterocycles. The molecule has 4 aromatic heterocycles. The zero-order valence-corrected chi connectivity index (χ0v) is 30.5. The quantitative estimate of drug-likeness (QED) is 0.170. The molecule has 0 spiro atoms. The summed E-state index contributed by atoms with van der Waals surface area (Å²) in [7, 11) is 0. The van der Waals surface area contributed by atoms with Crippen molar-refractivity contribution in [3.05, 3.63) is 211 Å². The number of aromatic nitrogens is 5. The number of anilines is 3. The Hall–Kier alpha value is -7.70. The van der Waals surface area contributed by atoms with Crippen molar-refractivity contribution in [1.29, 1.82) is 0 Å². The van der Waals surface area contributed by atoms with E-state index in [4.69, 9.17) is 0 Å². The topological polar surface area (TPSA) is 76.4 Å². The van der Waals surface area contributed by atoms with E-state index in [0.29, 0.717) is 0 Å². The van der Waals surface area contributed by atoms with Crippen LogP contribution in [0.3, 0.4) is 0 Å². The van der Waals surface area contributed by atoms with Crippen molar-refractivity contribution in [3.8, 4) is 0 Å². The molecule has 268 valence electrons. The summed E-state index contributed by atoms with van der Waals surface area (Å²) in [5.74, 6) is 0. The van der Waals surface area contributed by atoms with Crippen molar-refractivity contribution < 1.29 is 0 Å². The third-order valence-corrected chi connectivity index (χ3v) is 9.50. The Kier molecular flexibility index (Phi) is 9.57. The molecule has 3 N–H and O–H groups in total. The first-order chi connectivity index (χ1) is 27.7. The normalized spacial score (nSPS) is 11.4. The molecule has 0 saturated carbocycles. The van der Waals surface area contributed by atoms with Crippen LogP contribution in [0.15, 0.2) is 188 Å². The Morgan fingerprint density at radius 2 is 0.643 bits per heavy atom. The summed E-state index contributed by atoms with van der Waals surface area (Å²) in [6.45, 7) is 0. The average Bonchev–Trinajstić information content (AvgIpc) is 4.11. The molecule has 0 unspecified atom stereocenters. The summed E-state index contributed by atoms with van der Waals surface area (Å²) in [6.07, 6.45) is 8.05. The van der Waals surface area contributed by atoms with Crippen molar-refractivity contribution in [1.82, 2.24) is 24.9 Å². The molecule has 11 rings (SSSR count). The van der Waals surface area contributed by atoms with Crippen molar-refractivity contribution in [2.45, 2.75) is 0 Å². The Balaban J connectivity index is 0.000000115. The molecule has 5 aromatic carbocycles. The molecule has 8 bridgehead atoms. The van der Waals surface area contributed by atoms with Crippen LogP contribution in [0.5, 0.6) is 0 Å². The summed E-state index contributed by atoms with van der Waals surface area (Å²) in [6, 6.07) is 64.4. The summed E-state index contributed by atoms with van der Waals surface area (Å²) >= 11 is 0. The van der Waals surface area contributed by atoms with Gasteiger partial charge in [0.1, 0.15) is 0 Å². The van der Waals surface area contributed by atoms with Gasteiger partial charge in [0.2, 0.25) is 0 Å². The number of benzene rings is 5. The van der Waals surface area contributed by atoms with Gasteiger partial charge in [-0.15, -0.1) is 0 Å². The van der Waals surface area contributed by atoms with Crippen LogP contribution in [-0.4, -0.2) is 24.9 Å². The van der Waals surface area contributed by atoms with Gasteiger partial charge < -0.3 is 19.9 Å². The molecule has 2 aliphatic rings. The number of nitrogens with one attached hydrogen (secondary N) is 3. The first kappa shape index (κ1) is 34.1. The lowest BCUT2D eigenvalue weighted by Crippen LogP contribution is -2.09. The molecule has 56 heavy (non-hydrogen) atoms. The first-order valence-corrected chi connectivity index (χ1v) is 18.7. The third-order valence-electron chi connectivity index (χ3n) is 9.50. The second-order valence-corrected chi connectivity index (χ2v) is 13.5. The smallest absolute Gasteiger partial charge is 0.0659 e. The van der Waals surface area contributed by atoms with Crippen LogP contribution in [0.1, 0.15) is 22.8 Å². The fourth-order valence-corrected chi connectivity index (χ4v) is 6.92. The SMILES string of the molecule is C1=Cc2cc3ccc(cc4ccc(cc5nc(cc1n2)C=C5)[nH]4)[nH]3.c1ccc(N(c2ccccc2)c2ccccc2)cc1.c1ccc2c(c1)[nH]c1ccccc12. The van der Waals surface area contributed by atoms with E-state index in [2.05, 4.69) is 181 Å². The summed E-state index contributed by atoms with van der Waals surface area (Å²) in [5, 5.41) is 2.61. The summed E-state index contributed by atoms with van der Waals surface area (Å²) < 4.78 is 0. The van der Waals surface area contributed by atoms with E-state index >= 15 is 0 Å². The molecule has 0 radical (unpaired) electrons. The highest BCUT2D eigenvalue weighted by atomic mass is 15.1. The van der Waals surface area contributed by atoms with Crippen LogP contribution < -0.4 is 4.90 Å². The molecule has 6 heterocycles. The Labute approximate surface area is 324 Å². The van der Waals surface area contributed by atoms with Crippen molar-refractivity contribution in [2.24, 2.45) is 0 Å². The molecule has 6 heteroatoms. The number of nitrogens with zero attached hydrogens (tertiary/aromatic N) is 3. The van der Waals surface area contributed by atoms with E-state index in [1.54, 1.807) is 0 Å². The minimum Gasteiger partial charge on any atom is -0.355 e. The van der Waals surface area contributed by atoms with Crippen LogP contribution in [0.25, 0.3) is 68.2 Å². The van der Waals surface area contributed by atoms with Crippen molar-refractivity contribution in [2.75, 3.05) is 4.90 Å². The van der Waals surface area contributed by atoms with Gasteiger partial charge in [-0.3, -0.25) is 0 Å². The van der Waals surface area contributed by atoms with E-state index in [0.717, 1.165) is 44.8 Å². The molecule has 9 aromatic rings. The van der Waals surface area contributed by atoms with Gasteiger partial charge in [0.05, 0.1) is 22.8 Å². The summed E-state index contributed by atoms with van der Waals surface area (Å²) in [5.41, 5.74) is 13.8. The van der Waals surface area contributed by atoms with E-state index in [1.807, 2.05) is 60.7 Å². The minimum absolute atomic E-state index is 0.915. The maximum absolute atomic E-state index is 4.62. The third kappa shape index (κ3) is 7.81. The van der Waals surface area contributed by atoms with Crippen molar-refractivity contribution >= 4 is 85.2 Å². The first-order valence-electron chi connectivity index (χ1n) is 18.7. The van der Waals surface area contributed by atoms with Gasteiger partial charge in [-0.25, -0.2) is 9.97 Å². The lowest BCUT2D eigenvalue weighted by Gasteiger charge is -2.25. The fraction of sp³-hybridized carbons (Fsp3) is 0. The number of hydrogen-bond donors (Lipinski definition) is 3. The van der Waals surface area contributed by atoms with Crippen molar-refractivity contribution in [3.63, 3.8) is 0 Å². The molecule has 0 saturated heterocycles. The number of hydrogen-bond acceptors (Lipinski definition) is 3. The lowest BCUT2D eigenvalue weighted by molar-refractivity contribution is 1.28. The molecule has 6 nitrogen and oxygen atoms in total. The van der Waals surface area contributed by atoms with Gasteiger partial charge in [0, 0.05) is 60.9 Å². The highest BCUT2D eigenvalue weighted by Gasteiger charge is 2.10. The number of rotatable bonds is 3. The average molecular weight is 723 g/mol. The molecule has 0 aliphatic carbocycles. The zero-order chi connectivity index (χ0) is 37.5. The zero-order valence-electron chi connectivity index (χ0n) is 30.5. The summed E-state index contributed by atoms with van der Waals surface area (Å²) in [4.78, 5) is 21.6. The largest absolute Gasteiger partial charge is 0.355 e. The van der Waals surface area contributed by atoms with Crippen LogP contribution in [0.2, 0.25) is 0 Å². The molecular weight excluding hydrogens is 685 g/mol. The standard InChI is InChI=1S/C20H14N4.C18H15N.C12H9N/c1-2-14-10-16-5-6-18(23-16)12-20-8-7-19(24-20)11-17-4-3-15(22-17)9-13(1)21-14;1-4-10-16(11-5-1)19(17-12-6-2-7-13-17)18-14-8-3-9-15-18;1-3-7-11-9(5-1)10-6-2-4-8-12(10)13-11/h1-12,21-22H;1-15H;1-8,13H. The Morgan fingerprint density at radius 1 is 0.304 bits per heavy atom. The van der Waals surface area contributed by atoms with Gasteiger partial charge in [-0.1, -0.05) is 91.0 Å². The predicted octanol–water partition coefficient (Wildman–Crippen LogP) is 13.1. The van der Waals surface area contributed by atoms with E-state index in [1.165, 1.54) is 38.9 Å². The monoisotopic (exact) mass is 722 g/mol. The number of H-pyrrole nitrogens is 3. The van der Waals surface area contributed by atoms with E-state index < -0.39 is 0 Å². The Bertz CT molecular complexity index is 2740. The van der Waals surface area contributed by atoms with E-state index in [-0.39, 0.29) is 0 Å². The molecular formula is C50H38N6. The predicted molar refractivity (Wildman–Crippen MR) is 236 cm³/mol. The van der Waals surface area contributed by atoms with Gasteiger partial charge >= 0.3 is 0 Å². The maximum atomic E-state index is 4.62. The number of para-hydroxylation sites is 5. The lowest BCUT2D eigenvalue weighted by atomic mass is 10.2. The number of aromatic amines is 3. The van der Waals surface area contributed by atoms with E-state index in [9.17, 15) is 0 Å². The molecule has 0 atom stereocenters.